The van der Waals surface area contributed by atoms with Gasteiger partial charge in [0.15, 0.2) is 0 Å². The standard InChI is InChI=1S/C12H20N4/c1-8-4-9(2)10(3)16(7-8)12-6-14-11(13)5-15-12/h5-6,8-10H,4,7H2,1-3H3,(H2,13,14). The molecule has 1 fully saturated rings. The lowest BCUT2D eigenvalue weighted by atomic mass is 9.86. The lowest BCUT2D eigenvalue weighted by molar-refractivity contribution is 0.295. The van der Waals surface area contributed by atoms with Crippen LogP contribution in [0.2, 0.25) is 0 Å². The summed E-state index contributed by atoms with van der Waals surface area (Å²) in [4.78, 5) is 10.8. The zero-order valence-corrected chi connectivity index (χ0v) is 10.2. The summed E-state index contributed by atoms with van der Waals surface area (Å²) in [5, 5.41) is 0. The van der Waals surface area contributed by atoms with Gasteiger partial charge in [-0.15, -0.1) is 0 Å². The second-order valence-electron chi connectivity index (χ2n) is 5.01. The highest BCUT2D eigenvalue weighted by Crippen LogP contribution is 2.29. The summed E-state index contributed by atoms with van der Waals surface area (Å²) >= 11 is 0. The molecule has 1 aliphatic rings. The average Bonchev–Trinajstić information content (AvgIpc) is 2.25. The van der Waals surface area contributed by atoms with Crippen LogP contribution in [0.15, 0.2) is 12.4 Å². The number of nitrogen functional groups attached to an aromatic ring is 1. The van der Waals surface area contributed by atoms with Crippen molar-refractivity contribution in [2.45, 2.75) is 33.2 Å². The molecule has 1 saturated heterocycles. The molecule has 1 aliphatic heterocycles. The maximum Gasteiger partial charge on any atom is 0.147 e. The van der Waals surface area contributed by atoms with Crippen LogP contribution >= 0.6 is 0 Å². The quantitative estimate of drug-likeness (QED) is 0.785. The molecule has 4 nitrogen and oxygen atoms in total. The summed E-state index contributed by atoms with van der Waals surface area (Å²) in [5.41, 5.74) is 5.55. The highest BCUT2D eigenvalue weighted by Gasteiger charge is 2.29. The largest absolute Gasteiger partial charge is 0.382 e. The summed E-state index contributed by atoms with van der Waals surface area (Å²) in [6.45, 7) is 7.91. The Labute approximate surface area is 96.9 Å². The number of aromatic nitrogens is 2. The average molecular weight is 220 g/mol. The molecule has 0 radical (unpaired) electrons. The van der Waals surface area contributed by atoms with Crippen LogP contribution in [0.5, 0.6) is 0 Å². The number of nitrogens with two attached hydrogens (primary N) is 1. The van der Waals surface area contributed by atoms with E-state index < -0.39 is 0 Å². The normalized spacial score (nSPS) is 30.4. The molecule has 0 saturated carbocycles. The lowest BCUT2D eigenvalue weighted by Gasteiger charge is -2.41. The molecule has 1 aromatic heterocycles. The number of hydrogen-bond acceptors (Lipinski definition) is 4. The maximum absolute atomic E-state index is 5.55. The van der Waals surface area contributed by atoms with Gasteiger partial charge in [0.1, 0.15) is 11.6 Å². The van der Waals surface area contributed by atoms with Crippen molar-refractivity contribution in [1.29, 1.82) is 0 Å². The second kappa shape index (κ2) is 4.28. The Kier molecular flexibility index (Phi) is 2.99. The molecule has 16 heavy (non-hydrogen) atoms. The Morgan fingerprint density at radius 2 is 2.00 bits per heavy atom. The van der Waals surface area contributed by atoms with Gasteiger partial charge in [0, 0.05) is 12.6 Å². The van der Waals surface area contributed by atoms with E-state index in [0.717, 1.165) is 12.4 Å². The number of rotatable bonds is 1. The maximum atomic E-state index is 5.55. The second-order valence-corrected chi connectivity index (χ2v) is 5.01. The van der Waals surface area contributed by atoms with Crippen LogP contribution in [-0.2, 0) is 0 Å². The van der Waals surface area contributed by atoms with Crippen molar-refractivity contribution in [3.8, 4) is 0 Å². The highest BCUT2D eigenvalue weighted by atomic mass is 15.2. The Balaban J connectivity index is 2.21. The molecule has 0 amide bonds. The number of hydrogen-bond donors (Lipinski definition) is 1. The summed E-state index contributed by atoms with van der Waals surface area (Å²) in [6, 6.07) is 0.522. The summed E-state index contributed by atoms with van der Waals surface area (Å²) in [6.07, 6.45) is 4.70. The van der Waals surface area contributed by atoms with E-state index in [2.05, 4.69) is 35.6 Å². The first kappa shape index (κ1) is 11.2. The smallest absolute Gasteiger partial charge is 0.147 e. The van der Waals surface area contributed by atoms with Gasteiger partial charge < -0.3 is 10.6 Å². The lowest BCUT2D eigenvalue weighted by Crippen LogP contribution is -2.46. The van der Waals surface area contributed by atoms with Crippen molar-refractivity contribution >= 4 is 11.6 Å². The van der Waals surface area contributed by atoms with Crippen molar-refractivity contribution in [2.24, 2.45) is 11.8 Å². The van der Waals surface area contributed by atoms with Crippen LogP contribution < -0.4 is 10.6 Å². The topological polar surface area (TPSA) is 55.0 Å². The van der Waals surface area contributed by atoms with Gasteiger partial charge in [-0.1, -0.05) is 13.8 Å². The van der Waals surface area contributed by atoms with Gasteiger partial charge >= 0.3 is 0 Å². The number of nitrogens with zero attached hydrogens (tertiary/aromatic N) is 3. The van der Waals surface area contributed by atoms with E-state index in [1.165, 1.54) is 6.42 Å². The van der Waals surface area contributed by atoms with Gasteiger partial charge in [0.2, 0.25) is 0 Å². The zero-order valence-electron chi connectivity index (χ0n) is 10.2. The molecule has 0 aliphatic carbocycles. The Morgan fingerprint density at radius 3 is 2.62 bits per heavy atom. The predicted molar refractivity (Wildman–Crippen MR) is 66.2 cm³/mol. The molecule has 0 bridgehead atoms. The highest BCUT2D eigenvalue weighted by molar-refractivity contribution is 5.41. The SMILES string of the molecule is CC1CC(C)C(C)N(c2cnc(N)cn2)C1. The van der Waals surface area contributed by atoms with Gasteiger partial charge in [0.05, 0.1) is 12.4 Å². The monoisotopic (exact) mass is 220 g/mol. The van der Waals surface area contributed by atoms with Crippen LogP contribution in [0.4, 0.5) is 11.6 Å². The van der Waals surface area contributed by atoms with Gasteiger partial charge in [-0.2, -0.15) is 0 Å². The third-order valence-electron chi connectivity index (χ3n) is 3.55. The first-order valence-electron chi connectivity index (χ1n) is 5.92. The van der Waals surface area contributed by atoms with Crippen molar-refractivity contribution < 1.29 is 0 Å². The van der Waals surface area contributed by atoms with Crippen LogP contribution in [0.1, 0.15) is 27.2 Å². The van der Waals surface area contributed by atoms with Crippen LogP contribution in [0, 0.1) is 11.8 Å². The molecule has 0 aromatic carbocycles. The van der Waals surface area contributed by atoms with Crippen LogP contribution in [-0.4, -0.2) is 22.6 Å². The van der Waals surface area contributed by atoms with Crippen LogP contribution in [0.3, 0.4) is 0 Å². The van der Waals surface area contributed by atoms with Gasteiger partial charge in [0.25, 0.3) is 0 Å². The van der Waals surface area contributed by atoms with Gasteiger partial charge in [-0.3, -0.25) is 0 Å². The Bertz CT molecular complexity index is 349. The summed E-state index contributed by atoms with van der Waals surface area (Å²) in [7, 11) is 0. The van der Waals surface area contributed by atoms with Crippen molar-refractivity contribution in [3.63, 3.8) is 0 Å². The molecule has 1 aromatic rings. The van der Waals surface area contributed by atoms with Crippen molar-refractivity contribution in [3.05, 3.63) is 12.4 Å². The molecule has 3 atom stereocenters. The molecular formula is C12H20N4. The fourth-order valence-corrected chi connectivity index (χ4v) is 2.50. The van der Waals surface area contributed by atoms with E-state index in [-0.39, 0.29) is 0 Å². The molecule has 0 spiro atoms. The minimum atomic E-state index is 0.481. The van der Waals surface area contributed by atoms with E-state index >= 15 is 0 Å². The minimum absolute atomic E-state index is 0.481. The van der Waals surface area contributed by atoms with E-state index in [1.807, 2.05) is 0 Å². The molecule has 88 valence electrons. The predicted octanol–water partition coefficient (Wildman–Crippen LogP) is 1.93. The third kappa shape index (κ3) is 2.10. The molecule has 2 N–H and O–H groups in total. The minimum Gasteiger partial charge on any atom is -0.382 e. The zero-order chi connectivity index (χ0) is 11.7. The first-order valence-corrected chi connectivity index (χ1v) is 5.92. The summed E-state index contributed by atoms with van der Waals surface area (Å²) in [5.74, 6) is 2.84. The number of anilines is 2. The van der Waals surface area contributed by atoms with E-state index in [0.29, 0.717) is 23.7 Å². The van der Waals surface area contributed by atoms with E-state index in [9.17, 15) is 0 Å². The molecule has 2 rings (SSSR count). The fourth-order valence-electron chi connectivity index (χ4n) is 2.50. The third-order valence-corrected chi connectivity index (χ3v) is 3.55. The van der Waals surface area contributed by atoms with Gasteiger partial charge in [-0.05, 0) is 25.2 Å². The molecule has 4 heteroatoms. The molecular weight excluding hydrogens is 200 g/mol. The summed E-state index contributed by atoms with van der Waals surface area (Å²) < 4.78 is 0. The van der Waals surface area contributed by atoms with Gasteiger partial charge in [-0.25, -0.2) is 9.97 Å². The Morgan fingerprint density at radius 1 is 1.25 bits per heavy atom. The van der Waals surface area contributed by atoms with E-state index in [1.54, 1.807) is 12.4 Å². The van der Waals surface area contributed by atoms with Crippen LogP contribution in [0.25, 0.3) is 0 Å². The number of piperidine rings is 1. The van der Waals surface area contributed by atoms with E-state index in [4.69, 9.17) is 5.73 Å². The molecule has 2 heterocycles. The molecule has 3 unspecified atom stereocenters. The fraction of sp³-hybridized carbons (Fsp3) is 0.667. The van der Waals surface area contributed by atoms with Crippen molar-refractivity contribution in [1.82, 2.24) is 9.97 Å². The first-order chi connectivity index (χ1) is 7.58. The van der Waals surface area contributed by atoms with Crippen molar-refractivity contribution in [2.75, 3.05) is 17.2 Å². The Hall–Kier alpha value is -1.32.